The lowest BCUT2D eigenvalue weighted by atomic mass is 10.4. The van der Waals surface area contributed by atoms with Crippen molar-refractivity contribution in [3.8, 4) is 0 Å². The van der Waals surface area contributed by atoms with Crippen molar-refractivity contribution >= 4 is 16.9 Å². The van der Waals surface area contributed by atoms with Crippen molar-refractivity contribution in [2.24, 2.45) is 0 Å². The smallest absolute Gasteiger partial charge is 0.328 e. The summed E-state index contributed by atoms with van der Waals surface area (Å²) >= 11 is 0. The van der Waals surface area contributed by atoms with E-state index in [9.17, 15) is 13.2 Å². The summed E-state index contributed by atoms with van der Waals surface area (Å²) < 4.78 is 21.4. The highest BCUT2D eigenvalue weighted by Crippen LogP contribution is 1.74. The van der Waals surface area contributed by atoms with Crippen LogP contribution in [0.15, 0.2) is 0 Å². The minimum atomic E-state index is -2.83. The topological polar surface area (TPSA) is 75.3 Å². The van der Waals surface area contributed by atoms with E-state index in [1.54, 1.807) is 18.6 Å². The molecule has 0 spiro atoms. The first-order chi connectivity index (χ1) is 4.52. The van der Waals surface area contributed by atoms with E-state index in [1.165, 1.54) is 0 Å². The number of rotatable bonds is 2. The zero-order valence-electron chi connectivity index (χ0n) is 5.75. The van der Waals surface area contributed by atoms with Crippen LogP contribution in [0.3, 0.4) is 0 Å². The van der Waals surface area contributed by atoms with Gasteiger partial charge in [0.05, 0.1) is 0 Å². The molecular weight excluding hydrogens is 156 g/mol. The summed E-state index contributed by atoms with van der Waals surface area (Å²) in [4.78, 5) is 10.5. The number of urea groups is 1. The Morgan fingerprint density at radius 2 is 1.90 bits per heavy atom. The summed E-state index contributed by atoms with van der Waals surface area (Å²) in [5, 5.41) is 2.34. The van der Waals surface area contributed by atoms with Gasteiger partial charge in [-0.2, -0.15) is 0 Å². The third kappa shape index (κ3) is 5.36. The fraction of sp³-hybridized carbons (Fsp3) is 0.750. The first kappa shape index (κ1) is 9.22. The molecule has 0 fully saturated rings. The van der Waals surface area contributed by atoms with Gasteiger partial charge >= 0.3 is 6.03 Å². The van der Waals surface area contributed by atoms with E-state index < -0.39 is 16.9 Å². The van der Waals surface area contributed by atoms with Gasteiger partial charge in [0.25, 0.3) is 0 Å². The van der Waals surface area contributed by atoms with E-state index in [0.717, 1.165) is 0 Å². The van der Waals surface area contributed by atoms with Crippen LogP contribution in [0.25, 0.3) is 0 Å². The Balaban J connectivity index is 3.65. The second-order valence-corrected chi connectivity index (χ2v) is 2.73. The number of hydrogen-bond donors (Lipinski definition) is 3. The van der Waals surface area contributed by atoms with Crippen LogP contribution in [-0.2, 0) is 10.9 Å². The van der Waals surface area contributed by atoms with Gasteiger partial charge in [0, 0.05) is 6.04 Å². The van der Waals surface area contributed by atoms with Crippen molar-refractivity contribution in [2.75, 3.05) is 0 Å². The molecule has 60 valence electrons. The van der Waals surface area contributed by atoms with Crippen LogP contribution in [-0.4, -0.2) is 20.5 Å². The number of thiol groups is 1. The molecule has 0 atom stereocenters. The van der Waals surface area contributed by atoms with E-state index in [1.807, 2.05) is 0 Å². The van der Waals surface area contributed by atoms with Gasteiger partial charge in [-0.1, -0.05) is 0 Å². The Morgan fingerprint density at radius 3 is 2.20 bits per heavy atom. The highest BCUT2D eigenvalue weighted by molar-refractivity contribution is 7.70. The number of hydrogen-bond acceptors (Lipinski definition) is 3. The average molecular weight is 166 g/mol. The Morgan fingerprint density at radius 1 is 1.40 bits per heavy atom. The van der Waals surface area contributed by atoms with Crippen molar-refractivity contribution in [3.63, 3.8) is 0 Å². The molecule has 0 aromatic carbocycles. The highest BCUT2D eigenvalue weighted by Gasteiger charge is 2.00. The second-order valence-electron chi connectivity index (χ2n) is 2.00. The predicted octanol–water partition coefficient (Wildman–Crippen LogP) is -0.780. The molecule has 2 amide bonds. The molecule has 0 aliphatic rings. The van der Waals surface area contributed by atoms with Crippen LogP contribution in [0, 0.1) is 0 Å². The lowest BCUT2D eigenvalue weighted by molar-refractivity contribution is 0.244. The van der Waals surface area contributed by atoms with Gasteiger partial charge in [-0.15, -0.1) is 0 Å². The predicted molar refractivity (Wildman–Crippen MR) is 37.1 cm³/mol. The number of amides is 2. The van der Waals surface area contributed by atoms with Crippen LogP contribution in [0.5, 0.6) is 0 Å². The summed E-state index contributed by atoms with van der Waals surface area (Å²) in [5.41, 5.74) is 0. The zero-order chi connectivity index (χ0) is 8.15. The quantitative estimate of drug-likeness (QED) is 0.471. The van der Waals surface area contributed by atoms with Crippen molar-refractivity contribution in [3.05, 3.63) is 0 Å². The van der Waals surface area contributed by atoms with Gasteiger partial charge in [0.1, 0.15) is 0 Å². The van der Waals surface area contributed by atoms with E-state index in [-0.39, 0.29) is 6.04 Å². The van der Waals surface area contributed by atoms with Crippen LogP contribution in [0.4, 0.5) is 4.79 Å². The van der Waals surface area contributed by atoms with Crippen LogP contribution >= 0.6 is 0 Å². The van der Waals surface area contributed by atoms with E-state index >= 15 is 0 Å². The molecule has 0 aliphatic carbocycles. The molecule has 10 heavy (non-hydrogen) atoms. The fourth-order valence-corrected chi connectivity index (χ4v) is 0.608. The average Bonchev–Trinajstić information content (AvgIpc) is 1.58. The molecule has 0 aromatic heterocycles. The van der Waals surface area contributed by atoms with Gasteiger partial charge in [0.2, 0.25) is 10.9 Å². The molecule has 0 rings (SSSR count). The SMILES string of the molecule is CC(C)NC(=O)N[SH](=O)=O. The van der Waals surface area contributed by atoms with Crippen molar-refractivity contribution in [1.82, 2.24) is 10.0 Å². The molecule has 5 nitrogen and oxygen atoms in total. The molecule has 0 aromatic rings. The summed E-state index contributed by atoms with van der Waals surface area (Å²) in [6.45, 7) is 3.47. The van der Waals surface area contributed by atoms with Gasteiger partial charge in [-0.3, -0.25) is 0 Å². The van der Waals surface area contributed by atoms with Gasteiger partial charge in [0.15, 0.2) is 0 Å². The summed E-state index contributed by atoms with van der Waals surface area (Å²) in [6.07, 6.45) is 0. The third-order valence-electron chi connectivity index (χ3n) is 0.613. The van der Waals surface area contributed by atoms with Crippen LogP contribution in [0.2, 0.25) is 0 Å². The Hall–Kier alpha value is -0.780. The standard InChI is InChI=1S/C4H10N2O3S/c1-3(2)5-4(7)6-10(8)9/h3,10H,1-2H3,(H2,5,6,7,8,9). The lowest BCUT2D eigenvalue weighted by Gasteiger charge is -2.05. The van der Waals surface area contributed by atoms with Crippen molar-refractivity contribution < 1.29 is 13.2 Å². The maximum atomic E-state index is 10.5. The van der Waals surface area contributed by atoms with E-state index in [2.05, 4.69) is 5.32 Å². The number of carbonyl (C=O) groups excluding carboxylic acids is 1. The number of carbonyl (C=O) groups is 1. The van der Waals surface area contributed by atoms with Crippen LogP contribution in [0.1, 0.15) is 13.8 Å². The largest absolute Gasteiger partial charge is 0.335 e. The number of nitrogens with one attached hydrogen (secondary N) is 2. The first-order valence-electron chi connectivity index (χ1n) is 2.74. The van der Waals surface area contributed by atoms with Crippen molar-refractivity contribution in [2.45, 2.75) is 19.9 Å². The van der Waals surface area contributed by atoms with Crippen LogP contribution < -0.4 is 10.0 Å². The molecule has 0 heterocycles. The third-order valence-corrected chi connectivity index (χ3v) is 0.998. The Kier molecular flexibility index (Phi) is 3.78. The van der Waals surface area contributed by atoms with E-state index in [0.29, 0.717) is 0 Å². The first-order valence-corrected chi connectivity index (χ1v) is 3.91. The maximum absolute atomic E-state index is 10.5. The van der Waals surface area contributed by atoms with Gasteiger partial charge in [-0.05, 0) is 13.8 Å². The minimum Gasteiger partial charge on any atom is -0.335 e. The fourth-order valence-electron chi connectivity index (χ4n) is 0.377. The van der Waals surface area contributed by atoms with Gasteiger partial charge in [-0.25, -0.2) is 17.9 Å². The molecule has 0 bridgehead atoms. The van der Waals surface area contributed by atoms with Crippen molar-refractivity contribution in [1.29, 1.82) is 0 Å². The second kappa shape index (κ2) is 4.10. The lowest BCUT2D eigenvalue weighted by Crippen LogP contribution is -2.38. The molecular formula is C4H10N2O3S. The molecule has 0 saturated heterocycles. The molecule has 0 unspecified atom stereocenters. The molecule has 0 radical (unpaired) electrons. The maximum Gasteiger partial charge on any atom is 0.328 e. The monoisotopic (exact) mass is 166 g/mol. The summed E-state index contributed by atoms with van der Waals surface area (Å²) in [6, 6.07) is -0.749. The zero-order valence-corrected chi connectivity index (χ0v) is 6.64. The van der Waals surface area contributed by atoms with E-state index in [4.69, 9.17) is 0 Å². The molecule has 6 heteroatoms. The molecule has 0 saturated carbocycles. The normalized spacial score (nSPS) is 10.0. The summed E-state index contributed by atoms with van der Waals surface area (Å²) in [7, 11) is -2.83. The minimum absolute atomic E-state index is 0.0602. The summed E-state index contributed by atoms with van der Waals surface area (Å²) in [5.74, 6) is 0. The highest BCUT2D eigenvalue weighted by atomic mass is 32.2. The van der Waals surface area contributed by atoms with Gasteiger partial charge < -0.3 is 5.32 Å². The Bertz CT molecular complexity index is 179. The Labute approximate surface area is 60.9 Å². The molecule has 0 aliphatic heterocycles. The molecule has 2 N–H and O–H groups in total.